The number of rotatable bonds is 16. The lowest BCUT2D eigenvalue weighted by atomic mass is 9.99. The predicted octanol–water partition coefficient (Wildman–Crippen LogP) is -5.88. The number of phosphoric ester groups is 2. The molecule has 2 aliphatic heterocycles. The van der Waals surface area contributed by atoms with Gasteiger partial charge in [-0.25, -0.2) is 9.11 Å². The van der Waals surface area contributed by atoms with E-state index in [1.165, 1.54) is 7.11 Å². The number of phosphoric acid groups is 2. The van der Waals surface area contributed by atoms with E-state index >= 15 is 0 Å². The highest BCUT2D eigenvalue weighted by Crippen LogP contribution is 2.57. The van der Waals surface area contributed by atoms with E-state index < -0.39 is 101 Å². The van der Waals surface area contributed by atoms with Crippen LogP contribution in [0, 0.1) is 0 Å². The predicted molar refractivity (Wildman–Crippen MR) is 138 cm³/mol. The molecule has 45 heavy (non-hydrogen) atoms. The van der Waals surface area contributed by atoms with Crippen molar-refractivity contribution in [3.8, 4) is 0 Å². The molecule has 1 aromatic rings. The third kappa shape index (κ3) is 10.5. The molecule has 0 aliphatic carbocycles. The summed E-state index contributed by atoms with van der Waals surface area (Å²) in [7, 11) is -10.4. The summed E-state index contributed by atoms with van der Waals surface area (Å²) in [5.74, 6) is -0.579. The number of carbonyl (C=O) groups is 1. The van der Waals surface area contributed by atoms with Crippen LogP contribution in [0.25, 0.3) is 0 Å². The molecule has 0 spiro atoms. The van der Waals surface area contributed by atoms with E-state index in [1.807, 2.05) is 4.98 Å². The van der Waals surface area contributed by atoms with Crippen molar-refractivity contribution in [2.24, 2.45) is 0 Å². The van der Waals surface area contributed by atoms with Gasteiger partial charge in [-0.15, -0.1) is 0 Å². The van der Waals surface area contributed by atoms with Gasteiger partial charge in [0.25, 0.3) is 21.2 Å². The van der Waals surface area contributed by atoms with Crippen LogP contribution in [0.3, 0.4) is 0 Å². The summed E-state index contributed by atoms with van der Waals surface area (Å²) < 4.78 is 58.4. The van der Waals surface area contributed by atoms with E-state index in [-0.39, 0.29) is 19.6 Å². The Hall–Kier alpha value is -1.95. The van der Waals surface area contributed by atoms with Crippen LogP contribution in [0.2, 0.25) is 0 Å². The fraction of sp³-hybridized carbons (Fsp3) is 0.762. The Morgan fingerprint density at radius 2 is 1.67 bits per heavy atom. The lowest BCUT2D eigenvalue weighted by Crippen LogP contribution is -2.60. The van der Waals surface area contributed by atoms with Gasteiger partial charge in [-0.3, -0.25) is 32.8 Å². The zero-order valence-corrected chi connectivity index (χ0v) is 25.2. The van der Waals surface area contributed by atoms with E-state index in [2.05, 4.69) is 18.7 Å². The average Bonchev–Trinajstić information content (AvgIpc) is 3.23. The smallest absolute Gasteiger partial charge is 0.330 e. The van der Waals surface area contributed by atoms with Gasteiger partial charge in [0.2, 0.25) is 5.91 Å². The number of methoxy groups -OCH3 is 1. The molecule has 1 amide bonds. The van der Waals surface area contributed by atoms with Crippen LogP contribution in [0.5, 0.6) is 0 Å². The number of H-pyrrole nitrogens is 1. The zero-order chi connectivity index (χ0) is 33.5. The van der Waals surface area contributed by atoms with Gasteiger partial charge < -0.3 is 64.1 Å². The summed E-state index contributed by atoms with van der Waals surface area (Å²) in [5, 5.41) is 53.2. The number of carbonyl (C=O) groups excluding carboxylic acids is 1. The van der Waals surface area contributed by atoms with Gasteiger partial charge in [-0.1, -0.05) is 0 Å². The molecule has 24 heteroatoms. The number of aromatic nitrogens is 2. The minimum absolute atomic E-state index is 0.0203. The van der Waals surface area contributed by atoms with Gasteiger partial charge in [0, 0.05) is 32.3 Å². The van der Waals surface area contributed by atoms with Crippen LogP contribution < -0.4 is 26.4 Å². The fourth-order valence-electron chi connectivity index (χ4n) is 4.07. The number of nitrogens with zero attached hydrogens (tertiary/aromatic N) is 1. The fourth-order valence-corrected chi connectivity index (χ4v) is 6.15. The topological polar surface area (TPSA) is 330 Å². The molecule has 3 rings (SSSR count). The normalized spacial score (nSPS) is 32.9. The van der Waals surface area contributed by atoms with Gasteiger partial charge in [0.05, 0.1) is 26.4 Å². The monoisotopic (exact) mass is 693 g/mol. The molecule has 3 heterocycles. The first-order valence-corrected chi connectivity index (χ1v) is 16.0. The molecule has 0 bridgehead atoms. The molecule has 22 nitrogen and oxygen atoms in total. The maximum atomic E-state index is 12.3. The van der Waals surface area contributed by atoms with Gasteiger partial charge in [-0.2, -0.15) is 0 Å². The lowest BCUT2D eigenvalue weighted by Gasteiger charge is -2.42. The molecule has 2 fully saturated rings. The van der Waals surface area contributed by atoms with Crippen molar-refractivity contribution in [1.82, 2.24) is 14.9 Å². The maximum Gasteiger partial charge on any atom is 0.330 e. The number of aromatic amines is 1. The van der Waals surface area contributed by atoms with Crippen molar-refractivity contribution >= 4 is 21.6 Å². The maximum absolute atomic E-state index is 12.3. The van der Waals surface area contributed by atoms with Crippen LogP contribution in [-0.4, -0.2) is 130 Å². The number of hydrogen-bond donors (Lipinski definition) is 7. The minimum atomic E-state index is -5.99. The Kier molecular flexibility index (Phi) is 13.5. The van der Waals surface area contributed by atoms with E-state index in [0.717, 1.165) is 12.3 Å². The quantitative estimate of drug-likeness (QED) is 0.0626. The number of aliphatic hydroxyl groups excluding tert-OH is 5. The molecule has 0 aromatic carbocycles. The van der Waals surface area contributed by atoms with E-state index in [1.54, 1.807) is 0 Å². The highest BCUT2D eigenvalue weighted by molar-refractivity contribution is 7.59. The summed E-state index contributed by atoms with van der Waals surface area (Å²) in [5.41, 5.74) is -1.80. The zero-order valence-electron chi connectivity index (χ0n) is 23.4. The molecule has 2 saturated heterocycles. The van der Waals surface area contributed by atoms with Crippen molar-refractivity contribution in [3.63, 3.8) is 0 Å². The number of aliphatic hydroxyl groups is 5. The number of nitrogens with one attached hydrogen (secondary N) is 2. The number of ether oxygens (including phenoxy) is 4. The average molecular weight is 693 g/mol. The van der Waals surface area contributed by atoms with Crippen LogP contribution in [0.1, 0.15) is 12.6 Å². The second-order valence-electron chi connectivity index (χ2n) is 9.61. The van der Waals surface area contributed by atoms with Crippen molar-refractivity contribution in [2.75, 3.05) is 40.1 Å². The highest BCUT2D eigenvalue weighted by Gasteiger charge is 2.47. The minimum Gasteiger partial charge on any atom is -0.756 e. The molecule has 258 valence electrons. The van der Waals surface area contributed by atoms with Crippen LogP contribution in [0.15, 0.2) is 21.9 Å². The highest BCUT2D eigenvalue weighted by atomic mass is 31.3. The second-order valence-corrected chi connectivity index (χ2v) is 12.5. The molecule has 0 saturated carbocycles. The van der Waals surface area contributed by atoms with Gasteiger partial charge in [0.15, 0.2) is 12.5 Å². The summed E-state index contributed by atoms with van der Waals surface area (Å²) in [6, 6.07) is 0.909. The Morgan fingerprint density at radius 3 is 2.33 bits per heavy atom. The first kappa shape index (κ1) is 37.5. The molecular formula is C21H33N3O19P2-2. The number of amides is 1. The Morgan fingerprint density at radius 1 is 0.978 bits per heavy atom. The standard InChI is InChI=1S/C21H35N3O19P2/c1-37-6-7-38-5-3-12(25)22-8-10-14(27)16(29)18(31)20(41-10)42-45(35,36)43-44(33,34)39-9-11-15(28)17(30)19(40-11)24-4-2-13(26)23-21(24)32/h2,4,10-11,14-20,27-31H,3,5-9H2,1H3,(H,22,25)(H,33,34)(H,35,36)(H,23,26,32)/p-2/t10?,11?,14-,15+,16-,17+,18?,19?,20-/m0/s1. The Labute approximate surface area is 253 Å². The third-order valence-electron chi connectivity index (χ3n) is 6.37. The van der Waals surface area contributed by atoms with E-state index in [9.17, 15) is 58.8 Å². The largest absolute Gasteiger partial charge is 0.756 e. The van der Waals surface area contributed by atoms with Gasteiger partial charge in [0.1, 0.15) is 42.7 Å². The first-order valence-electron chi connectivity index (χ1n) is 13.1. The van der Waals surface area contributed by atoms with Crippen molar-refractivity contribution in [2.45, 2.75) is 61.7 Å². The molecule has 2 aliphatic rings. The van der Waals surface area contributed by atoms with Crippen molar-refractivity contribution in [3.05, 3.63) is 33.1 Å². The summed E-state index contributed by atoms with van der Waals surface area (Å²) in [4.78, 5) is 61.7. The third-order valence-corrected chi connectivity index (χ3v) is 8.90. The van der Waals surface area contributed by atoms with E-state index in [0.29, 0.717) is 11.2 Å². The molecular weight excluding hydrogens is 660 g/mol. The second kappa shape index (κ2) is 16.2. The Balaban J connectivity index is 1.54. The number of hydrogen-bond acceptors (Lipinski definition) is 19. The van der Waals surface area contributed by atoms with Crippen LogP contribution in [-0.2, 0) is 46.2 Å². The van der Waals surface area contributed by atoms with Crippen LogP contribution >= 0.6 is 15.6 Å². The van der Waals surface area contributed by atoms with Crippen molar-refractivity contribution in [1.29, 1.82) is 0 Å². The van der Waals surface area contributed by atoms with Crippen LogP contribution in [0.4, 0.5) is 0 Å². The molecule has 6 unspecified atom stereocenters. The molecule has 1 aromatic heterocycles. The first-order chi connectivity index (χ1) is 21.0. The molecule has 0 radical (unpaired) electrons. The van der Waals surface area contributed by atoms with Gasteiger partial charge >= 0.3 is 5.69 Å². The van der Waals surface area contributed by atoms with Crippen molar-refractivity contribution < 1.29 is 81.5 Å². The summed E-state index contributed by atoms with van der Waals surface area (Å²) in [6.07, 6.45) is -16.1. The summed E-state index contributed by atoms with van der Waals surface area (Å²) >= 11 is 0. The Bertz CT molecular complexity index is 1340. The lowest BCUT2D eigenvalue weighted by molar-refractivity contribution is -0.301. The SMILES string of the molecule is COCCOCCC(=O)NCC1O[C@@H](OP(=O)([O-])OP(=O)([O-])OCC2OC(n3ccc(=O)[nH]c3=O)[C@H](O)[C@@H]2O)C(O)[C@@H](O)[C@H]1O. The van der Waals surface area contributed by atoms with Gasteiger partial charge in [-0.05, 0) is 0 Å². The molecule has 7 N–H and O–H groups in total. The molecule has 11 atom stereocenters. The summed E-state index contributed by atoms with van der Waals surface area (Å²) in [6.45, 7) is -1.09. The van der Waals surface area contributed by atoms with E-state index in [4.69, 9.17) is 18.9 Å².